The molecule has 3 aromatic rings. The molecule has 0 radical (unpaired) electrons. The van der Waals surface area contributed by atoms with Crippen molar-refractivity contribution in [1.82, 2.24) is 4.98 Å². The molecule has 2 aromatic carbocycles. The molecule has 0 fully saturated rings. The summed E-state index contributed by atoms with van der Waals surface area (Å²) >= 11 is 4.93. The molecule has 0 spiro atoms. The van der Waals surface area contributed by atoms with Crippen molar-refractivity contribution in [3.05, 3.63) is 70.3 Å². The van der Waals surface area contributed by atoms with Gasteiger partial charge >= 0.3 is 6.04 Å². The number of amides is 1. The molecule has 1 heterocycles. The van der Waals surface area contributed by atoms with Gasteiger partial charge in [-0.2, -0.15) is 5.26 Å². The number of H-pyrrole nitrogens is 1. The van der Waals surface area contributed by atoms with E-state index in [9.17, 15) is 10.1 Å². The summed E-state index contributed by atoms with van der Waals surface area (Å²) in [6, 6.07) is 14.8. The highest BCUT2D eigenvalue weighted by atomic mass is 32.1. The number of nitriles is 1. The summed E-state index contributed by atoms with van der Waals surface area (Å²) in [5.74, 6) is -0.369. The lowest BCUT2D eigenvalue weighted by atomic mass is 10.0. The maximum absolute atomic E-state index is 12.3. The van der Waals surface area contributed by atoms with Crippen molar-refractivity contribution in [2.24, 2.45) is 4.99 Å². The van der Waals surface area contributed by atoms with Crippen LogP contribution in [-0.4, -0.2) is 29.2 Å². The Bertz CT molecular complexity index is 1130. The number of benzene rings is 2. The maximum Gasteiger partial charge on any atom is 0.348 e. The van der Waals surface area contributed by atoms with Crippen LogP contribution in [-0.2, 0) is 4.79 Å². The number of carbonyl (C=O) groups excluding carboxylic acids is 1. The first-order chi connectivity index (χ1) is 13.1. The van der Waals surface area contributed by atoms with Crippen LogP contribution >= 0.6 is 12.2 Å². The molecule has 1 amide bonds. The SMILES string of the molecule is [C-]#[N+]C(C#N)C(=NCC(=O)Nc1ccc2oc(=S)[nH]c2c1)c1ccccc1. The Morgan fingerprint density at radius 1 is 1.37 bits per heavy atom. The van der Waals surface area contributed by atoms with Gasteiger partial charge < -0.3 is 14.7 Å². The van der Waals surface area contributed by atoms with E-state index in [0.717, 1.165) is 0 Å². The van der Waals surface area contributed by atoms with Crippen molar-refractivity contribution >= 4 is 40.6 Å². The number of fused-ring (bicyclic) bond motifs is 1. The first kappa shape index (κ1) is 18.1. The summed E-state index contributed by atoms with van der Waals surface area (Å²) in [6.45, 7) is 6.97. The van der Waals surface area contributed by atoms with Gasteiger partial charge in [0.15, 0.2) is 11.7 Å². The molecule has 0 aliphatic heterocycles. The van der Waals surface area contributed by atoms with Crippen LogP contribution in [0, 0.1) is 22.7 Å². The standard InChI is InChI=1S/C19H13N5O2S/c1-21-15(10-20)18(12-5-3-2-4-6-12)22-11-17(25)23-13-7-8-16-14(9-13)24-19(27)26-16/h2-9,15H,11H2,(H,23,25)(H,24,27). The third-order valence-electron chi connectivity index (χ3n) is 3.68. The molecule has 0 aliphatic carbocycles. The second-order valence-corrected chi connectivity index (χ2v) is 5.87. The van der Waals surface area contributed by atoms with E-state index < -0.39 is 6.04 Å². The van der Waals surface area contributed by atoms with Gasteiger partial charge in [-0.3, -0.25) is 14.6 Å². The van der Waals surface area contributed by atoms with Crippen LogP contribution < -0.4 is 5.32 Å². The lowest BCUT2D eigenvalue weighted by Gasteiger charge is -2.06. The maximum atomic E-state index is 12.3. The molecule has 0 saturated heterocycles. The highest BCUT2D eigenvalue weighted by molar-refractivity contribution is 7.71. The van der Waals surface area contributed by atoms with Crippen LogP contribution in [0.25, 0.3) is 15.9 Å². The van der Waals surface area contributed by atoms with Crippen LogP contribution in [0.2, 0.25) is 0 Å². The Labute approximate surface area is 159 Å². The monoisotopic (exact) mass is 375 g/mol. The normalized spacial score (nSPS) is 12.1. The number of aromatic nitrogens is 1. The molecule has 27 heavy (non-hydrogen) atoms. The number of aromatic amines is 1. The van der Waals surface area contributed by atoms with Gasteiger partial charge in [-0.1, -0.05) is 30.3 Å². The Kier molecular flexibility index (Phi) is 5.41. The van der Waals surface area contributed by atoms with E-state index in [0.29, 0.717) is 22.4 Å². The molecule has 1 unspecified atom stereocenters. The van der Waals surface area contributed by atoms with Gasteiger partial charge in [-0.25, -0.2) is 6.57 Å². The van der Waals surface area contributed by atoms with E-state index in [1.807, 2.05) is 12.1 Å². The average Bonchev–Trinajstić information content (AvgIpc) is 3.05. The molecular formula is C19H13N5O2S. The molecule has 1 aromatic heterocycles. The summed E-state index contributed by atoms with van der Waals surface area (Å²) in [5.41, 5.74) is 2.73. The number of hydrogen-bond donors (Lipinski definition) is 2. The fraction of sp³-hybridized carbons (Fsp3) is 0.105. The largest absolute Gasteiger partial charge is 0.429 e. The zero-order valence-corrected chi connectivity index (χ0v) is 14.8. The summed E-state index contributed by atoms with van der Waals surface area (Å²) in [4.78, 5) is 22.9. The van der Waals surface area contributed by atoms with Crippen LogP contribution in [0.3, 0.4) is 0 Å². The van der Waals surface area contributed by atoms with Crippen molar-refractivity contribution in [2.75, 3.05) is 11.9 Å². The fourth-order valence-electron chi connectivity index (χ4n) is 2.48. The summed E-state index contributed by atoms with van der Waals surface area (Å²) in [7, 11) is 0. The van der Waals surface area contributed by atoms with E-state index in [1.165, 1.54) is 0 Å². The first-order valence-corrected chi connectivity index (χ1v) is 8.30. The molecule has 0 aliphatic rings. The smallest absolute Gasteiger partial charge is 0.348 e. The molecule has 8 heteroatoms. The molecule has 2 N–H and O–H groups in total. The minimum absolute atomic E-state index is 0.211. The number of carbonyl (C=O) groups is 1. The second kappa shape index (κ2) is 8.09. The van der Waals surface area contributed by atoms with Gasteiger partial charge in [-0.15, -0.1) is 0 Å². The van der Waals surface area contributed by atoms with E-state index in [4.69, 9.17) is 23.2 Å². The highest BCUT2D eigenvalue weighted by Crippen LogP contribution is 2.18. The minimum Gasteiger partial charge on any atom is -0.429 e. The zero-order chi connectivity index (χ0) is 19.2. The number of anilines is 1. The molecule has 7 nitrogen and oxygen atoms in total. The van der Waals surface area contributed by atoms with Gasteiger partial charge in [0.25, 0.3) is 4.84 Å². The average molecular weight is 375 g/mol. The molecule has 1 atom stereocenters. The Morgan fingerprint density at radius 3 is 2.85 bits per heavy atom. The Hall–Kier alpha value is -3.75. The van der Waals surface area contributed by atoms with Crippen molar-refractivity contribution in [1.29, 1.82) is 5.26 Å². The third kappa shape index (κ3) is 4.27. The quantitative estimate of drug-likeness (QED) is 0.403. The van der Waals surface area contributed by atoms with Crippen molar-refractivity contribution in [3.8, 4) is 6.07 Å². The lowest BCUT2D eigenvalue weighted by molar-refractivity contribution is -0.114. The zero-order valence-electron chi connectivity index (χ0n) is 14.0. The van der Waals surface area contributed by atoms with E-state index in [-0.39, 0.29) is 23.0 Å². The minimum atomic E-state index is -1.07. The predicted molar refractivity (Wildman–Crippen MR) is 104 cm³/mol. The van der Waals surface area contributed by atoms with Gasteiger partial charge in [0.1, 0.15) is 12.3 Å². The molecule has 132 valence electrons. The van der Waals surface area contributed by atoms with Crippen LogP contribution in [0.4, 0.5) is 5.69 Å². The number of nitrogens with zero attached hydrogens (tertiary/aromatic N) is 3. The number of hydrogen-bond acceptors (Lipinski definition) is 5. The summed E-state index contributed by atoms with van der Waals surface area (Å²) in [6.07, 6.45) is 0. The Morgan fingerprint density at radius 2 is 2.15 bits per heavy atom. The van der Waals surface area contributed by atoms with Crippen LogP contribution in [0.1, 0.15) is 5.56 Å². The van der Waals surface area contributed by atoms with Gasteiger partial charge in [0.2, 0.25) is 5.91 Å². The van der Waals surface area contributed by atoms with E-state index in [1.54, 1.807) is 42.5 Å². The Balaban J connectivity index is 1.78. The van der Waals surface area contributed by atoms with Crippen LogP contribution in [0.5, 0.6) is 0 Å². The molecule has 0 saturated carbocycles. The van der Waals surface area contributed by atoms with Gasteiger partial charge in [-0.05, 0) is 30.4 Å². The van der Waals surface area contributed by atoms with Crippen molar-refractivity contribution in [3.63, 3.8) is 0 Å². The fourth-order valence-corrected chi connectivity index (χ4v) is 2.68. The first-order valence-electron chi connectivity index (χ1n) is 7.89. The third-order valence-corrected chi connectivity index (χ3v) is 3.86. The lowest BCUT2D eigenvalue weighted by Crippen LogP contribution is -2.21. The van der Waals surface area contributed by atoms with Crippen molar-refractivity contribution in [2.45, 2.75) is 6.04 Å². The topological polar surface area (TPSA) is 98.5 Å². The summed E-state index contributed by atoms with van der Waals surface area (Å²) < 4.78 is 5.27. The number of oxazole rings is 1. The number of nitrogens with one attached hydrogen (secondary N) is 2. The van der Waals surface area contributed by atoms with Crippen molar-refractivity contribution < 1.29 is 9.21 Å². The molecule has 3 rings (SSSR count). The van der Waals surface area contributed by atoms with E-state index >= 15 is 0 Å². The van der Waals surface area contributed by atoms with Gasteiger partial charge in [0.05, 0.1) is 5.52 Å². The number of rotatable bonds is 5. The second-order valence-electron chi connectivity index (χ2n) is 5.50. The molecular weight excluding hydrogens is 362 g/mol. The number of aliphatic imine (C=N–C) groups is 1. The highest BCUT2D eigenvalue weighted by Gasteiger charge is 2.22. The summed E-state index contributed by atoms with van der Waals surface area (Å²) in [5, 5.41) is 11.9. The predicted octanol–water partition coefficient (Wildman–Crippen LogP) is 3.73. The molecule has 0 bridgehead atoms. The van der Waals surface area contributed by atoms with E-state index in [2.05, 4.69) is 20.1 Å². The van der Waals surface area contributed by atoms with Crippen LogP contribution in [0.15, 0.2) is 57.9 Å². The van der Waals surface area contributed by atoms with Gasteiger partial charge in [0, 0.05) is 11.3 Å².